The molecule has 1 aliphatic heterocycles. The molecule has 0 N–H and O–H groups in total. The van der Waals surface area contributed by atoms with Gasteiger partial charge in [-0.15, -0.1) is 0 Å². The van der Waals surface area contributed by atoms with E-state index >= 15 is 0 Å². The third-order valence-electron chi connectivity index (χ3n) is 5.49. The largest absolute Gasteiger partial charge is 0.289 e. The van der Waals surface area contributed by atoms with Crippen molar-refractivity contribution in [2.45, 2.75) is 4.90 Å². The molecule has 28 heavy (non-hydrogen) atoms. The van der Waals surface area contributed by atoms with Gasteiger partial charge in [-0.3, -0.25) is 9.59 Å². The quantitative estimate of drug-likeness (QED) is 0.316. The van der Waals surface area contributed by atoms with E-state index in [1.807, 2.05) is 66.7 Å². The Hall–Kier alpha value is -2.69. The maximum Gasteiger partial charge on any atom is 0.202 e. The molecule has 0 aromatic heterocycles. The van der Waals surface area contributed by atoms with Crippen molar-refractivity contribution >= 4 is 70.7 Å². The Labute approximate surface area is 172 Å². The van der Waals surface area contributed by atoms with Gasteiger partial charge in [-0.25, -0.2) is 0 Å². The third-order valence-corrected chi connectivity index (χ3v) is 7.34. The minimum atomic E-state index is -0.0633. The van der Waals surface area contributed by atoms with Gasteiger partial charge in [-0.1, -0.05) is 82.3 Å². The standard InChI is InChI=1S/C24H11BrO2S/c25-17-10-9-15-19-14(17)6-3-7-16(19)22(26)21(15)24-23(27)20-13-5-2-1-4-12(13)8-11-18(20)28-24/h1-11H. The fourth-order valence-electron chi connectivity index (χ4n) is 4.26. The summed E-state index contributed by atoms with van der Waals surface area (Å²) in [5.41, 5.74) is 0.648. The first-order chi connectivity index (χ1) is 13.6. The minimum Gasteiger partial charge on any atom is -0.289 e. The Morgan fingerprint density at radius 2 is 1.50 bits per heavy atom. The molecule has 0 saturated carbocycles. The maximum absolute atomic E-state index is 13.4. The van der Waals surface area contributed by atoms with Gasteiger partial charge in [0.25, 0.3) is 0 Å². The van der Waals surface area contributed by atoms with E-state index in [2.05, 4.69) is 15.9 Å². The summed E-state index contributed by atoms with van der Waals surface area (Å²) in [6.07, 6.45) is 0. The van der Waals surface area contributed by atoms with Gasteiger partial charge in [0.15, 0.2) is 5.43 Å². The third kappa shape index (κ3) is 1.99. The van der Waals surface area contributed by atoms with Gasteiger partial charge in [0.05, 0.1) is 4.91 Å². The van der Waals surface area contributed by atoms with Crippen molar-refractivity contribution in [2.24, 2.45) is 0 Å². The lowest BCUT2D eigenvalue weighted by Gasteiger charge is -2.02. The second-order valence-corrected chi connectivity index (χ2v) is 8.85. The molecule has 5 aromatic rings. The summed E-state index contributed by atoms with van der Waals surface area (Å²) in [7, 11) is 0. The molecule has 0 atom stereocenters. The van der Waals surface area contributed by atoms with Crippen LogP contribution in [0.15, 0.2) is 80.9 Å². The van der Waals surface area contributed by atoms with Crippen LogP contribution < -0.4 is 10.6 Å². The molecule has 132 valence electrons. The number of Topliss-reactive ketones (excluding diaryl/α,β-unsaturated/α-hetero) is 1. The fraction of sp³-hybridized carbons (Fsp3) is 0. The molecule has 0 bridgehead atoms. The molecular weight excluding hydrogens is 432 g/mol. The van der Waals surface area contributed by atoms with Crippen LogP contribution in [0.4, 0.5) is 0 Å². The van der Waals surface area contributed by atoms with Crippen molar-refractivity contribution in [3.05, 3.63) is 92.2 Å². The molecule has 5 aromatic carbocycles. The summed E-state index contributed by atoms with van der Waals surface area (Å²) in [5, 5.41) is 5.97. The predicted octanol–water partition coefficient (Wildman–Crippen LogP) is 5.52. The Bertz CT molecular complexity index is 1590. The summed E-state index contributed by atoms with van der Waals surface area (Å²) >= 11 is 5.00. The highest BCUT2D eigenvalue weighted by Gasteiger charge is 2.30. The van der Waals surface area contributed by atoms with E-state index in [1.165, 1.54) is 11.8 Å². The number of hydrogen-bond acceptors (Lipinski definition) is 3. The van der Waals surface area contributed by atoms with Gasteiger partial charge in [0, 0.05) is 30.9 Å². The zero-order chi connectivity index (χ0) is 19.0. The highest BCUT2D eigenvalue weighted by Crippen LogP contribution is 2.44. The second kappa shape index (κ2) is 5.66. The normalized spacial score (nSPS) is 15.8. The van der Waals surface area contributed by atoms with Crippen molar-refractivity contribution in [2.75, 3.05) is 0 Å². The van der Waals surface area contributed by atoms with Crippen molar-refractivity contribution in [1.29, 1.82) is 0 Å². The van der Waals surface area contributed by atoms with Gasteiger partial charge in [-0.05, 0) is 33.7 Å². The molecule has 1 aliphatic rings. The number of hydrogen-bond donors (Lipinski definition) is 0. The lowest BCUT2D eigenvalue weighted by molar-refractivity contribution is 0.106. The van der Waals surface area contributed by atoms with Crippen molar-refractivity contribution in [3.8, 4) is 0 Å². The molecule has 0 amide bonds. The molecular formula is C24H11BrO2S. The molecule has 0 aliphatic carbocycles. The summed E-state index contributed by atoms with van der Waals surface area (Å²) in [6, 6.07) is 21.5. The van der Waals surface area contributed by atoms with Crippen LogP contribution in [0, 0.1) is 0 Å². The van der Waals surface area contributed by atoms with E-state index in [0.29, 0.717) is 21.1 Å². The summed E-state index contributed by atoms with van der Waals surface area (Å²) in [4.78, 5) is 28.2. The zero-order valence-electron chi connectivity index (χ0n) is 14.5. The van der Waals surface area contributed by atoms with E-state index < -0.39 is 0 Å². The zero-order valence-corrected chi connectivity index (χ0v) is 16.9. The van der Waals surface area contributed by atoms with E-state index in [0.717, 1.165) is 36.3 Å². The number of halogens is 1. The van der Waals surface area contributed by atoms with Crippen LogP contribution in [0.2, 0.25) is 0 Å². The SMILES string of the molecule is O=C1C(=c2c(=O)c3cccc4c(Br)ccc2c43)Sc2ccc3ccccc3c21. The second-order valence-electron chi connectivity index (χ2n) is 6.95. The smallest absolute Gasteiger partial charge is 0.202 e. The van der Waals surface area contributed by atoms with Gasteiger partial charge in [-0.2, -0.15) is 0 Å². The van der Waals surface area contributed by atoms with E-state index in [4.69, 9.17) is 0 Å². The molecule has 6 rings (SSSR count). The van der Waals surface area contributed by atoms with Gasteiger partial charge < -0.3 is 0 Å². The lowest BCUT2D eigenvalue weighted by Crippen LogP contribution is -2.23. The van der Waals surface area contributed by atoms with Gasteiger partial charge in [0.1, 0.15) is 0 Å². The van der Waals surface area contributed by atoms with Crippen LogP contribution in [0.5, 0.6) is 0 Å². The number of ketones is 1. The van der Waals surface area contributed by atoms with Crippen LogP contribution in [0.1, 0.15) is 10.4 Å². The molecule has 0 fully saturated rings. The van der Waals surface area contributed by atoms with E-state index in [9.17, 15) is 9.59 Å². The Morgan fingerprint density at radius 3 is 2.39 bits per heavy atom. The fourth-order valence-corrected chi connectivity index (χ4v) is 5.88. The number of carbonyl (C=O) groups is 1. The van der Waals surface area contributed by atoms with Gasteiger partial charge >= 0.3 is 0 Å². The highest BCUT2D eigenvalue weighted by molar-refractivity contribution is 9.10. The van der Waals surface area contributed by atoms with Crippen LogP contribution >= 0.6 is 27.7 Å². The summed E-state index contributed by atoms with van der Waals surface area (Å²) in [5.74, 6) is -0.0518. The van der Waals surface area contributed by atoms with Crippen molar-refractivity contribution in [1.82, 2.24) is 0 Å². The van der Waals surface area contributed by atoms with Gasteiger partial charge in [0.2, 0.25) is 5.78 Å². The number of thioether (sulfide) groups is 1. The first-order valence-electron chi connectivity index (χ1n) is 8.90. The van der Waals surface area contributed by atoms with Crippen LogP contribution in [0.3, 0.4) is 0 Å². The first kappa shape index (κ1) is 16.3. The first-order valence-corrected chi connectivity index (χ1v) is 10.5. The van der Waals surface area contributed by atoms with Crippen molar-refractivity contribution in [3.63, 3.8) is 0 Å². The van der Waals surface area contributed by atoms with E-state index in [-0.39, 0.29) is 11.2 Å². The monoisotopic (exact) mass is 442 g/mol. The minimum absolute atomic E-state index is 0.0518. The highest BCUT2D eigenvalue weighted by atomic mass is 79.9. The van der Waals surface area contributed by atoms with Crippen LogP contribution in [-0.4, -0.2) is 5.78 Å². The molecule has 0 unspecified atom stereocenters. The van der Waals surface area contributed by atoms with E-state index in [1.54, 1.807) is 0 Å². The Balaban J connectivity index is 1.78. The predicted molar refractivity (Wildman–Crippen MR) is 119 cm³/mol. The molecule has 4 heteroatoms. The Morgan fingerprint density at radius 1 is 0.714 bits per heavy atom. The number of fused-ring (bicyclic) bond motifs is 3. The molecule has 2 nitrogen and oxygen atoms in total. The molecule has 0 radical (unpaired) electrons. The molecule has 1 heterocycles. The van der Waals surface area contributed by atoms with Crippen molar-refractivity contribution < 1.29 is 4.79 Å². The topological polar surface area (TPSA) is 34.1 Å². The van der Waals surface area contributed by atoms with Crippen LogP contribution in [0.25, 0.3) is 37.2 Å². The maximum atomic E-state index is 13.4. The molecule has 0 saturated heterocycles. The average Bonchev–Trinajstić information content (AvgIpc) is 3.20. The summed E-state index contributed by atoms with van der Waals surface area (Å²) < 4.78 is 0.951. The van der Waals surface area contributed by atoms with Crippen LogP contribution in [-0.2, 0) is 0 Å². The number of carbonyl (C=O) groups excluding carboxylic acids is 1. The Kier molecular flexibility index (Phi) is 3.29. The number of rotatable bonds is 0. The lowest BCUT2D eigenvalue weighted by atomic mass is 10.0. The number of benzene rings is 4. The average molecular weight is 443 g/mol. The molecule has 0 spiro atoms. The summed E-state index contributed by atoms with van der Waals surface area (Å²) in [6.45, 7) is 0.